The lowest BCUT2D eigenvalue weighted by atomic mass is 9.97. The highest BCUT2D eigenvalue weighted by Gasteiger charge is 2.06. The minimum absolute atomic E-state index is 0.221. The molecule has 118 valence electrons. The molecular formula is C15H29NO4. The van der Waals surface area contributed by atoms with Crippen molar-refractivity contribution in [1.29, 1.82) is 0 Å². The molecule has 0 unspecified atom stereocenters. The second-order valence-electron chi connectivity index (χ2n) is 5.45. The first-order chi connectivity index (χ1) is 9.52. The minimum Gasteiger partial charge on any atom is -0.481 e. The van der Waals surface area contributed by atoms with Crippen LogP contribution in [0.4, 0.5) is 0 Å². The number of rotatable bonds is 8. The number of carbonyl (C=O) groups is 2. The lowest BCUT2D eigenvalue weighted by Gasteiger charge is -2.15. The zero-order chi connectivity index (χ0) is 15.2. The van der Waals surface area contributed by atoms with Gasteiger partial charge in [0.1, 0.15) is 0 Å². The van der Waals surface area contributed by atoms with E-state index in [0.717, 1.165) is 19.3 Å². The van der Waals surface area contributed by atoms with Crippen LogP contribution in [0.15, 0.2) is 0 Å². The van der Waals surface area contributed by atoms with Gasteiger partial charge in [-0.05, 0) is 25.7 Å². The Kier molecular flexibility index (Phi) is 12.2. The van der Waals surface area contributed by atoms with Crippen LogP contribution in [0.25, 0.3) is 0 Å². The summed E-state index contributed by atoms with van der Waals surface area (Å²) in [5, 5.41) is 16.6. The standard InChI is InChI=1S/C9H16O4.C6H13N/c10-8(11)6-4-2-1-3-5-7-9(12)13;7-6-4-2-1-3-5-6/h1-7H2,(H,10,11)(H,12,13);6H,1-5,7H2. The van der Waals surface area contributed by atoms with E-state index in [1.54, 1.807) is 0 Å². The van der Waals surface area contributed by atoms with E-state index in [-0.39, 0.29) is 12.8 Å². The van der Waals surface area contributed by atoms with E-state index in [1.165, 1.54) is 32.1 Å². The normalized spacial score (nSPS) is 15.2. The molecule has 4 N–H and O–H groups in total. The second kappa shape index (κ2) is 12.9. The maximum Gasteiger partial charge on any atom is 0.303 e. The number of carboxylic acids is 2. The molecule has 0 amide bonds. The molecule has 1 fully saturated rings. The molecule has 1 saturated carbocycles. The van der Waals surface area contributed by atoms with E-state index in [9.17, 15) is 9.59 Å². The molecule has 0 saturated heterocycles. The van der Waals surface area contributed by atoms with Crippen LogP contribution in [0.1, 0.15) is 77.0 Å². The molecule has 0 radical (unpaired) electrons. The minimum atomic E-state index is -0.759. The first-order valence-electron chi connectivity index (χ1n) is 7.71. The number of aliphatic carboxylic acids is 2. The molecule has 1 aliphatic rings. The van der Waals surface area contributed by atoms with E-state index in [0.29, 0.717) is 18.9 Å². The zero-order valence-electron chi connectivity index (χ0n) is 12.4. The molecule has 5 heteroatoms. The van der Waals surface area contributed by atoms with Crippen LogP contribution in [-0.4, -0.2) is 28.2 Å². The SMILES string of the molecule is NC1CCCCC1.O=C(O)CCCCCCCC(=O)O. The Bertz CT molecular complexity index is 245. The Morgan fingerprint density at radius 1 is 0.800 bits per heavy atom. The van der Waals surface area contributed by atoms with Crippen molar-refractivity contribution in [2.75, 3.05) is 0 Å². The average Bonchev–Trinajstić information content (AvgIpc) is 2.38. The van der Waals surface area contributed by atoms with Crippen molar-refractivity contribution in [3.63, 3.8) is 0 Å². The topological polar surface area (TPSA) is 101 Å². The van der Waals surface area contributed by atoms with Crippen LogP contribution >= 0.6 is 0 Å². The van der Waals surface area contributed by atoms with E-state index < -0.39 is 11.9 Å². The number of hydrogen-bond acceptors (Lipinski definition) is 3. The molecule has 0 aromatic heterocycles. The fourth-order valence-corrected chi connectivity index (χ4v) is 2.22. The number of carboxylic acid groups (broad SMARTS) is 2. The van der Waals surface area contributed by atoms with Gasteiger partial charge in [-0.15, -0.1) is 0 Å². The molecule has 20 heavy (non-hydrogen) atoms. The molecule has 0 aromatic carbocycles. The van der Waals surface area contributed by atoms with Crippen LogP contribution < -0.4 is 5.73 Å². The molecule has 0 atom stereocenters. The molecule has 0 spiro atoms. The predicted molar refractivity (Wildman–Crippen MR) is 78.7 cm³/mol. The number of nitrogens with two attached hydrogens (primary N) is 1. The third-order valence-electron chi connectivity index (χ3n) is 3.43. The van der Waals surface area contributed by atoms with Crippen molar-refractivity contribution >= 4 is 11.9 Å². The smallest absolute Gasteiger partial charge is 0.303 e. The third kappa shape index (κ3) is 15.0. The average molecular weight is 287 g/mol. The predicted octanol–water partition coefficient (Wildman–Crippen LogP) is 3.16. The van der Waals surface area contributed by atoms with Crippen LogP contribution in [-0.2, 0) is 9.59 Å². The monoisotopic (exact) mass is 287 g/mol. The van der Waals surface area contributed by atoms with Gasteiger partial charge >= 0.3 is 11.9 Å². The van der Waals surface area contributed by atoms with Crippen LogP contribution in [0.5, 0.6) is 0 Å². The summed E-state index contributed by atoms with van der Waals surface area (Å²) >= 11 is 0. The number of hydrogen-bond donors (Lipinski definition) is 3. The van der Waals surface area contributed by atoms with E-state index in [4.69, 9.17) is 15.9 Å². The summed E-state index contributed by atoms with van der Waals surface area (Å²) in [5.74, 6) is -1.52. The summed E-state index contributed by atoms with van der Waals surface area (Å²) in [6.07, 6.45) is 11.2. The fraction of sp³-hybridized carbons (Fsp3) is 0.867. The maximum absolute atomic E-state index is 10.1. The van der Waals surface area contributed by atoms with Gasteiger partial charge in [0.05, 0.1) is 0 Å². The number of unbranched alkanes of at least 4 members (excludes halogenated alkanes) is 4. The van der Waals surface area contributed by atoms with Gasteiger partial charge in [0.15, 0.2) is 0 Å². The highest BCUT2D eigenvalue weighted by molar-refractivity contribution is 5.66. The summed E-state index contributed by atoms with van der Waals surface area (Å²) in [7, 11) is 0. The van der Waals surface area contributed by atoms with Crippen LogP contribution in [0, 0.1) is 0 Å². The summed E-state index contributed by atoms with van der Waals surface area (Å²) in [6.45, 7) is 0. The van der Waals surface area contributed by atoms with E-state index in [2.05, 4.69) is 0 Å². The molecule has 0 aromatic rings. The van der Waals surface area contributed by atoms with Crippen LogP contribution in [0.2, 0.25) is 0 Å². The van der Waals surface area contributed by atoms with Gasteiger partial charge in [-0.2, -0.15) is 0 Å². The summed E-state index contributed by atoms with van der Waals surface area (Å²) < 4.78 is 0. The Hall–Kier alpha value is -1.10. The zero-order valence-corrected chi connectivity index (χ0v) is 12.4. The molecule has 5 nitrogen and oxygen atoms in total. The van der Waals surface area contributed by atoms with Crippen molar-refractivity contribution in [3.05, 3.63) is 0 Å². The molecule has 1 rings (SSSR count). The van der Waals surface area contributed by atoms with Gasteiger partial charge in [-0.3, -0.25) is 9.59 Å². The first-order valence-corrected chi connectivity index (χ1v) is 7.71. The summed E-state index contributed by atoms with van der Waals surface area (Å²) in [5.41, 5.74) is 5.63. The highest BCUT2D eigenvalue weighted by atomic mass is 16.4. The van der Waals surface area contributed by atoms with Gasteiger partial charge in [0.25, 0.3) is 0 Å². The fourth-order valence-electron chi connectivity index (χ4n) is 2.22. The summed E-state index contributed by atoms with van der Waals surface area (Å²) in [6, 6.07) is 0.536. The van der Waals surface area contributed by atoms with Crippen molar-refractivity contribution in [3.8, 4) is 0 Å². The summed E-state index contributed by atoms with van der Waals surface area (Å²) in [4.78, 5) is 20.2. The van der Waals surface area contributed by atoms with E-state index >= 15 is 0 Å². The van der Waals surface area contributed by atoms with Crippen LogP contribution in [0.3, 0.4) is 0 Å². The molecular weight excluding hydrogens is 258 g/mol. The Morgan fingerprint density at radius 3 is 1.50 bits per heavy atom. The molecule has 0 bridgehead atoms. The largest absolute Gasteiger partial charge is 0.481 e. The van der Waals surface area contributed by atoms with Crippen molar-refractivity contribution in [1.82, 2.24) is 0 Å². The Morgan fingerprint density at radius 2 is 1.20 bits per heavy atom. The van der Waals surface area contributed by atoms with Crippen molar-refractivity contribution in [2.45, 2.75) is 83.1 Å². The van der Waals surface area contributed by atoms with Gasteiger partial charge in [-0.25, -0.2) is 0 Å². The quantitative estimate of drug-likeness (QED) is 0.595. The maximum atomic E-state index is 10.1. The lowest BCUT2D eigenvalue weighted by molar-refractivity contribution is -0.138. The Labute approximate surface area is 121 Å². The van der Waals surface area contributed by atoms with Crippen molar-refractivity contribution < 1.29 is 19.8 Å². The molecule has 1 aliphatic carbocycles. The van der Waals surface area contributed by atoms with Gasteiger partial charge in [0, 0.05) is 18.9 Å². The Balaban J connectivity index is 0.000000428. The van der Waals surface area contributed by atoms with Gasteiger partial charge in [0.2, 0.25) is 0 Å². The first kappa shape index (κ1) is 18.9. The van der Waals surface area contributed by atoms with Crippen molar-refractivity contribution in [2.24, 2.45) is 5.73 Å². The highest BCUT2D eigenvalue weighted by Crippen LogP contribution is 2.14. The van der Waals surface area contributed by atoms with Gasteiger partial charge in [-0.1, -0.05) is 38.5 Å². The molecule has 0 heterocycles. The lowest BCUT2D eigenvalue weighted by Crippen LogP contribution is -2.22. The van der Waals surface area contributed by atoms with E-state index in [1.807, 2.05) is 0 Å². The second-order valence-corrected chi connectivity index (χ2v) is 5.45. The molecule has 0 aliphatic heterocycles. The van der Waals surface area contributed by atoms with Gasteiger partial charge < -0.3 is 15.9 Å². The third-order valence-corrected chi connectivity index (χ3v) is 3.43.